The molecule has 1 aliphatic rings. The van der Waals surface area contributed by atoms with Gasteiger partial charge in [-0.25, -0.2) is 0 Å². The van der Waals surface area contributed by atoms with E-state index in [9.17, 15) is 0 Å². The number of aromatic nitrogens is 1. The number of hydrogen-bond donors (Lipinski definition) is 3. The second-order valence-electron chi connectivity index (χ2n) is 6.78. The Morgan fingerprint density at radius 1 is 1.15 bits per heavy atom. The molecule has 27 heavy (non-hydrogen) atoms. The zero-order chi connectivity index (χ0) is 19.1. The van der Waals surface area contributed by atoms with E-state index in [4.69, 9.17) is 11.6 Å². The number of allylic oxidation sites excluding steroid dienone is 3. The van der Waals surface area contributed by atoms with Crippen LogP contribution in [0.5, 0.6) is 0 Å². The fourth-order valence-corrected chi connectivity index (χ4v) is 3.57. The molecule has 4 heteroatoms. The fraction of sp³-hybridized carbons (Fsp3) is 0.0435. The Labute approximate surface area is 158 Å². The lowest BCUT2D eigenvalue weighted by Gasteiger charge is -2.17. The molecule has 0 radical (unpaired) electrons. The van der Waals surface area contributed by atoms with Gasteiger partial charge in [0.1, 0.15) is 0 Å². The van der Waals surface area contributed by atoms with Crippen molar-refractivity contribution in [3.8, 4) is 0 Å². The lowest BCUT2D eigenvalue weighted by Crippen LogP contribution is -2.14. The largest absolute Gasteiger partial charge is 0.399 e. The van der Waals surface area contributed by atoms with Crippen LogP contribution in [-0.4, -0.2) is 4.68 Å². The van der Waals surface area contributed by atoms with Crippen LogP contribution in [0.15, 0.2) is 79.7 Å². The summed E-state index contributed by atoms with van der Waals surface area (Å²) in [5.74, 6) is 6.55. The summed E-state index contributed by atoms with van der Waals surface area (Å²) in [6.45, 7) is 10.6. The lowest BCUT2D eigenvalue weighted by atomic mass is 9.92. The normalized spacial score (nSPS) is 13.5. The number of anilines is 1. The fourth-order valence-electron chi connectivity index (χ4n) is 3.57. The highest BCUT2D eigenvalue weighted by Gasteiger charge is 2.23. The van der Waals surface area contributed by atoms with Crippen LogP contribution in [0.25, 0.3) is 22.0 Å². The number of hydrogen-bond acceptors (Lipinski definition) is 3. The van der Waals surface area contributed by atoms with Gasteiger partial charge in [-0.05, 0) is 42.8 Å². The van der Waals surface area contributed by atoms with Gasteiger partial charge in [0.2, 0.25) is 0 Å². The predicted molar refractivity (Wildman–Crippen MR) is 115 cm³/mol. The SMILES string of the molecule is C=C1NC=CC=C1c1c(C(=C)c2cccc(N)c2)n(N)c2ccc(C)cc12. The van der Waals surface area contributed by atoms with Crippen molar-refractivity contribution in [1.82, 2.24) is 9.99 Å². The minimum absolute atomic E-state index is 0.691. The van der Waals surface area contributed by atoms with Gasteiger partial charge in [0, 0.05) is 39.7 Å². The molecule has 0 fully saturated rings. The Morgan fingerprint density at radius 2 is 1.96 bits per heavy atom. The molecule has 0 atom stereocenters. The average Bonchev–Trinajstić information content (AvgIpc) is 2.93. The van der Waals surface area contributed by atoms with Crippen LogP contribution in [0.4, 0.5) is 5.69 Å². The highest BCUT2D eigenvalue weighted by molar-refractivity contribution is 6.04. The second kappa shape index (κ2) is 6.25. The third kappa shape index (κ3) is 2.72. The number of nitrogen functional groups attached to an aromatic ring is 2. The molecule has 3 aromatic rings. The third-order valence-electron chi connectivity index (χ3n) is 4.89. The standard InChI is InChI=1S/C23H22N4/c1-14-9-10-21-20(12-14)22(19-8-5-11-26-16(19)3)23(27(21)25)15(2)17-6-4-7-18(24)13-17/h4-13,26H,2-3,24-25H2,1H3. The maximum Gasteiger partial charge on any atom is 0.0782 e. The van der Waals surface area contributed by atoms with Crippen molar-refractivity contribution in [2.45, 2.75) is 6.92 Å². The van der Waals surface area contributed by atoms with Crippen LogP contribution in [-0.2, 0) is 0 Å². The first kappa shape index (κ1) is 16.8. The molecule has 0 amide bonds. The number of rotatable bonds is 3. The van der Waals surface area contributed by atoms with Gasteiger partial charge in [-0.2, -0.15) is 0 Å². The van der Waals surface area contributed by atoms with E-state index >= 15 is 0 Å². The average molecular weight is 354 g/mol. The van der Waals surface area contributed by atoms with Gasteiger partial charge in [0.05, 0.1) is 11.2 Å². The minimum atomic E-state index is 0.691. The van der Waals surface area contributed by atoms with Gasteiger partial charge in [0.15, 0.2) is 0 Å². The molecular formula is C23H22N4. The van der Waals surface area contributed by atoms with Crippen molar-refractivity contribution in [1.29, 1.82) is 0 Å². The first-order chi connectivity index (χ1) is 13.0. The van der Waals surface area contributed by atoms with Crippen molar-refractivity contribution >= 4 is 27.7 Å². The quantitative estimate of drug-likeness (QED) is 0.485. The van der Waals surface area contributed by atoms with Crippen LogP contribution >= 0.6 is 0 Å². The third-order valence-corrected chi connectivity index (χ3v) is 4.89. The van der Waals surface area contributed by atoms with E-state index in [2.05, 4.69) is 37.5 Å². The lowest BCUT2D eigenvalue weighted by molar-refractivity contribution is 1.03. The molecule has 0 saturated carbocycles. The number of fused-ring (bicyclic) bond motifs is 1. The summed E-state index contributed by atoms with van der Waals surface area (Å²) in [6, 6.07) is 13.9. The Balaban J connectivity index is 2.05. The summed E-state index contributed by atoms with van der Waals surface area (Å²) in [4.78, 5) is 0. The van der Waals surface area contributed by atoms with E-state index in [0.29, 0.717) is 5.69 Å². The Morgan fingerprint density at radius 3 is 2.70 bits per heavy atom. The number of benzene rings is 2. The van der Waals surface area contributed by atoms with Crippen molar-refractivity contribution < 1.29 is 0 Å². The van der Waals surface area contributed by atoms with Crippen molar-refractivity contribution in [2.75, 3.05) is 11.6 Å². The predicted octanol–water partition coefficient (Wildman–Crippen LogP) is 4.32. The molecule has 1 aliphatic heterocycles. The van der Waals surface area contributed by atoms with Crippen molar-refractivity contribution in [3.63, 3.8) is 0 Å². The van der Waals surface area contributed by atoms with Crippen LogP contribution in [0.2, 0.25) is 0 Å². The van der Waals surface area contributed by atoms with E-state index in [1.807, 2.05) is 48.7 Å². The van der Waals surface area contributed by atoms with Crippen molar-refractivity contribution in [2.24, 2.45) is 0 Å². The van der Waals surface area contributed by atoms with E-state index < -0.39 is 0 Å². The smallest absolute Gasteiger partial charge is 0.0782 e. The number of nitrogens with two attached hydrogens (primary N) is 2. The summed E-state index contributed by atoms with van der Waals surface area (Å²) in [5.41, 5.74) is 14.2. The summed E-state index contributed by atoms with van der Waals surface area (Å²) in [6.07, 6.45) is 5.88. The maximum absolute atomic E-state index is 6.55. The Kier molecular flexibility index (Phi) is 3.89. The molecular weight excluding hydrogens is 332 g/mol. The van der Waals surface area contributed by atoms with Crippen LogP contribution < -0.4 is 16.9 Å². The van der Waals surface area contributed by atoms with E-state index in [1.165, 1.54) is 5.56 Å². The second-order valence-corrected chi connectivity index (χ2v) is 6.78. The van der Waals surface area contributed by atoms with Crippen LogP contribution in [0.1, 0.15) is 22.4 Å². The molecule has 2 heterocycles. The number of nitrogens with one attached hydrogen (secondary N) is 1. The zero-order valence-corrected chi connectivity index (χ0v) is 15.3. The highest BCUT2D eigenvalue weighted by atomic mass is 15.3. The van der Waals surface area contributed by atoms with E-state index in [0.717, 1.165) is 44.6 Å². The van der Waals surface area contributed by atoms with E-state index in [1.54, 1.807) is 4.68 Å². The minimum Gasteiger partial charge on any atom is -0.399 e. The molecule has 4 nitrogen and oxygen atoms in total. The molecule has 5 N–H and O–H groups in total. The van der Waals surface area contributed by atoms with Crippen molar-refractivity contribution in [3.05, 3.63) is 102 Å². The Bertz CT molecular complexity index is 1160. The number of dihydropyridines is 1. The first-order valence-electron chi connectivity index (χ1n) is 8.75. The monoisotopic (exact) mass is 354 g/mol. The molecule has 0 bridgehead atoms. The molecule has 0 spiro atoms. The summed E-state index contributed by atoms with van der Waals surface area (Å²) >= 11 is 0. The summed E-state index contributed by atoms with van der Waals surface area (Å²) in [7, 11) is 0. The summed E-state index contributed by atoms with van der Waals surface area (Å²) < 4.78 is 1.71. The first-order valence-corrected chi connectivity index (χ1v) is 8.75. The van der Waals surface area contributed by atoms with Gasteiger partial charge in [0.25, 0.3) is 0 Å². The van der Waals surface area contributed by atoms with Gasteiger partial charge in [-0.15, -0.1) is 0 Å². The van der Waals surface area contributed by atoms with Gasteiger partial charge >= 0.3 is 0 Å². The summed E-state index contributed by atoms with van der Waals surface area (Å²) in [5, 5.41) is 4.26. The van der Waals surface area contributed by atoms with Gasteiger partial charge < -0.3 is 16.9 Å². The topological polar surface area (TPSA) is 69.0 Å². The highest BCUT2D eigenvalue weighted by Crippen LogP contribution is 2.39. The van der Waals surface area contributed by atoms with Gasteiger partial charge in [-0.1, -0.05) is 43.0 Å². The molecule has 0 saturated heterocycles. The number of nitrogens with zero attached hydrogens (tertiary/aromatic N) is 1. The number of aryl methyl sites for hydroxylation is 1. The van der Waals surface area contributed by atoms with Crippen LogP contribution in [0, 0.1) is 6.92 Å². The maximum atomic E-state index is 6.55. The van der Waals surface area contributed by atoms with Gasteiger partial charge in [-0.3, -0.25) is 4.68 Å². The molecule has 4 rings (SSSR count). The zero-order valence-electron chi connectivity index (χ0n) is 15.3. The molecule has 0 unspecified atom stereocenters. The molecule has 0 aliphatic carbocycles. The Hall–Kier alpha value is -3.66. The van der Waals surface area contributed by atoms with Crippen LogP contribution in [0.3, 0.4) is 0 Å². The molecule has 1 aromatic heterocycles. The molecule has 2 aromatic carbocycles. The van der Waals surface area contributed by atoms with E-state index in [-0.39, 0.29) is 0 Å². The molecule has 134 valence electrons.